The van der Waals surface area contributed by atoms with Gasteiger partial charge in [0.25, 0.3) is 0 Å². The first-order valence-electron chi connectivity index (χ1n) is 5.67. The van der Waals surface area contributed by atoms with Crippen LogP contribution in [0.4, 0.5) is 0 Å². The van der Waals surface area contributed by atoms with Crippen LogP contribution in [0.5, 0.6) is 0 Å². The van der Waals surface area contributed by atoms with Crippen molar-refractivity contribution in [2.75, 3.05) is 12.3 Å². The van der Waals surface area contributed by atoms with E-state index in [1.54, 1.807) is 18.1 Å². The van der Waals surface area contributed by atoms with Gasteiger partial charge in [-0.1, -0.05) is 31.0 Å². The van der Waals surface area contributed by atoms with Crippen LogP contribution in [-0.2, 0) is 0 Å². The predicted octanol–water partition coefficient (Wildman–Crippen LogP) is 1.82. The molecule has 0 aromatic carbocycles. The van der Waals surface area contributed by atoms with Crippen molar-refractivity contribution in [3.63, 3.8) is 0 Å². The molecular formula is C10H18N4S. The van der Waals surface area contributed by atoms with Crippen LogP contribution in [0.1, 0.15) is 32.1 Å². The Morgan fingerprint density at radius 3 is 3.00 bits per heavy atom. The topological polar surface area (TPSA) is 53.6 Å². The van der Waals surface area contributed by atoms with Crippen molar-refractivity contribution in [3.05, 3.63) is 6.33 Å². The Bertz CT molecular complexity index is 256. The molecule has 0 amide bonds. The number of H-pyrrole nitrogens is 1. The molecule has 0 atom stereocenters. The van der Waals surface area contributed by atoms with E-state index in [2.05, 4.69) is 20.5 Å². The fourth-order valence-electron chi connectivity index (χ4n) is 1.98. The highest BCUT2D eigenvalue weighted by molar-refractivity contribution is 7.99. The van der Waals surface area contributed by atoms with Crippen molar-refractivity contribution in [1.29, 1.82) is 0 Å². The van der Waals surface area contributed by atoms with Crippen LogP contribution in [0.25, 0.3) is 0 Å². The van der Waals surface area contributed by atoms with Crippen LogP contribution in [0, 0.1) is 0 Å². The Balaban J connectivity index is 1.54. The van der Waals surface area contributed by atoms with Gasteiger partial charge in [0.15, 0.2) is 5.16 Å². The van der Waals surface area contributed by atoms with Gasteiger partial charge in [-0.2, -0.15) is 5.10 Å². The third-order valence-electron chi connectivity index (χ3n) is 2.77. The summed E-state index contributed by atoms with van der Waals surface area (Å²) in [4.78, 5) is 4.07. The highest BCUT2D eigenvalue weighted by Gasteiger charge is 2.11. The molecule has 0 aliphatic heterocycles. The maximum atomic E-state index is 4.07. The molecule has 0 saturated heterocycles. The van der Waals surface area contributed by atoms with Crippen molar-refractivity contribution in [2.45, 2.75) is 43.3 Å². The molecule has 0 spiro atoms. The average molecular weight is 226 g/mol. The first kappa shape index (κ1) is 11.0. The smallest absolute Gasteiger partial charge is 0.183 e. The number of hydrogen-bond acceptors (Lipinski definition) is 4. The normalized spacial score (nSPS) is 18.1. The molecule has 5 heteroatoms. The summed E-state index contributed by atoms with van der Waals surface area (Å²) in [5, 5.41) is 11.2. The quantitative estimate of drug-likeness (QED) is 0.594. The first-order chi connectivity index (χ1) is 7.45. The lowest BCUT2D eigenvalue weighted by atomic mass is 9.96. The van der Waals surface area contributed by atoms with Crippen LogP contribution >= 0.6 is 11.8 Å². The Morgan fingerprint density at radius 2 is 2.27 bits per heavy atom. The summed E-state index contributed by atoms with van der Waals surface area (Å²) < 4.78 is 0. The molecule has 2 N–H and O–H groups in total. The van der Waals surface area contributed by atoms with Gasteiger partial charge in [-0.05, 0) is 12.8 Å². The van der Waals surface area contributed by atoms with E-state index >= 15 is 0 Å². The van der Waals surface area contributed by atoms with E-state index in [9.17, 15) is 0 Å². The van der Waals surface area contributed by atoms with Crippen LogP contribution in [0.3, 0.4) is 0 Å². The summed E-state index contributed by atoms with van der Waals surface area (Å²) in [7, 11) is 0. The summed E-state index contributed by atoms with van der Waals surface area (Å²) >= 11 is 1.72. The van der Waals surface area contributed by atoms with Crippen LogP contribution in [-0.4, -0.2) is 33.5 Å². The largest absolute Gasteiger partial charge is 0.313 e. The van der Waals surface area contributed by atoms with Gasteiger partial charge < -0.3 is 5.32 Å². The summed E-state index contributed by atoms with van der Waals surface area (Å²) in [6.45, 7) is 1.07. The number of thioether (sulfide) groups is 1. The number of nitrogens with zero attached hydrogens (tertiary/aromatic N) is 2. The Kier molecular flexibility index (Phi) is 4.47. The second-order valence-electron chi connectivity index (χ2n) is 3.93. The fourth-order valence-corrected chi connectivity index (χ4v) is 2.63. The van der Waals surface area contributed by atoms with Crippen LogP contribution in [0.2, 0.25) is 0 Å². The number of rotatable bonds is 5. The molecule has 1 heterocycles. The summed E-state index contributed by atoms with van der Waals surface area (Å²) in [5.74, 6) is 1.06. The van der Waals surface area contributed by atoms with Gasteiger partial charge in [0.2, 0.25) is 0 Å². The minimum Gasteiger partial charge on any atom is -0.313 e. The summed E-state index contributed by atoms with van der Waals surface area (Å²) in [5.41, 5.74) is 0. The van der Waals surface area contributed by atoms with Gasteiger partial charge in [0, 0.05) is 18.3 Å². The summed E-state index contributed by atoms with van der Waals surface area (Å²) in [6.07, 6.45) is 8.47. The van der Waals surface area contributed by atoms with E-state index in [4.69, 9.17) is 0 Å². The van der Waals surface area contributed by atoms with E-state index in [-0.39, 0.29) is 0 Å². The molecular weight excluding hydrogens is 208 g/mol. The lowest BCUT2D eigenvalue weighted by Crippen LogP contribution is -2.32. The highest BCUT2D eigenvalue weighted by Crippen LogP contribution is 2.17. The highest BCUT2D eigenvalue weighted by atomic mass is 32.2. The zero-order chi connectivity index (χ0) is 10.3. The molecule has 0 radical (unpaired) electrons. The van der Waals surface area contributed by atoms with Crippen molar-refractivity contribution in [2.24, 2.45) is 0 Å². The fraction of sp³-hybridized carbons (Fsp3) is 0.800. The van der Waals surface area contributed by atoms with E-state index in [0.717, 1.165) is 23.5 Å². The Hall–Kier alpha value is -0.550. The number of hydrogen-bond donors (Lipinski definition) is 2. The molecule has 1 saturated carbocycles. The van der Waals surface area contributed by atoms with E-state index < -0.39 is 0 Å². The molecule has 1 aliphatic carbocycles. The van der Waals surface area contributed by atoms with Gasteiger partial charge in [0.1, 0.15) is 6.33 Å². The Labute approximate surface area is 94.6 Å². The number of aromatic nitrogens is 3. The van der Waals surface area contributed by atoms with Gasteiger partial charge >= 0.3 is 0 Å². The molecule has 1 aromatic heterocycles. The van der Waals surface area contributed by atoms with E-state index in [0.29, 0.717) is 0 Å². The van der Waals surface area contributed by atoms with Gasteiger partial charge in [-0.3, -0.25) is 5.10 Å². The minimum absolute atomic E-state index is 0.758. The third kappa shape index (κ3) is 3.83. The lowest BCUT2D eigenvalue weighted by molar-refractivity contribution is 0.381. The van der Waals surface area contributed by atoms with Gasteiger partial charge in [-0.15, -0.1) is 0 Å². The van der Waals surface area contributed by atoms with Crippen molar-refractivity contribution in [3.8, 4) is 0 Å². The van der Waals surface area contributed by atoms with Gasteiger partial charge in [-0.25, -0.2) is 4.98 Å². The van der Waals surface area contributed by atoms with Crippen LogP contribution in [0.15, 0.2) is 11.5 Å². The zero-order valence-electron chi connectivity index (χ0n) is 8.91. The SMILES string of the molecule is c1n[nH]c(SCCNC2CCCCC2)n1. The molecule has 0 bridgehead atoms. The maximum Gasteiger partial charge on any atom is 0.183 e. The summed E-state index contributed by atoms with van der Waals surface area (Å²) in [6, 6.07) is 0.758. The minimum atomic E-state index is 0.758. The monoisotopic (exact) mass is 226 g/mol. The number of nitrogens with one attached hydrogen (secondary N) is 2. The van der Waals surface area contributed by atoms with E-state index in [1.165, 1.54) is 32.1 Å². The molecule has 1 fully saturated rings. The van der Waals surface area contributed by atoms with Crippen LogP contribution < -0.4 is 5.32 Å². The van der Waals surface area contributed by atoms with Crippen molar-refractivity contribution in [1.82, 2.24) is 20.5 Å². The number of aromatic amines is 1. The molecule has 1 aromatic rings. The van der Waals surface area contributed by atoms with Gasteiger partial charge in [0.05, 0.1) is 0 Å². The molecule has 2 rings (SSSR count). The molecule has 4 nitrogen and oxygen atoms in total. The second-order valence-corrected chi connectivity index (χ2v) is 5.01. The average Bonchev–Trinajstić information content (AvgIpc) is 2.79. The molecule has 0 unspecified atom stereocenters. The van der Waals surface area contributed by atoms with Crippen molar-refractivity contribution >= 4 is 11.8 Å². The molecule has 1 aliphatic rings. The maximum absolute atomic E-state index is 4.07. The Morgan fingerprint density at radius 1 is 1.40 bits per heavy atom. The molecule has 15 heavy (non-hydrogen) atoms. The second kappa shape index (κ2) is 6.12. The predicted molar refractivity (Wildman–Crippen MR) is 62.0 cm³/mol. The standard InChI is InChI=1S/C10H18N4S/c1-2-4-9(5-3-1)11-6-7-15-10-12-8-13-14-10/h8-9,11H,1-7H2,(H,12,13,14). The lowest BCUT2D eigenvalue weighted by Gasteiger charge is -2.22. The zero-order valence-corrected chi connectivity index (χ0v) is 9.72. The molecule has 84 valence electrons. The first-order valence-corrected chi connectivity index (χ1v) is 6.65. The van der Waals surface area contributed by atoms with Crippen molar-refractivity contribution < 1.29 is 0 Å². The van der Waals surface area contributed by atoms with E-state index in [1.807, 2.05) is 0 Å². The third-order valence-corrected chi connectivity index (χ3v) is 3.65.